The summed E-state index contributed by atoms with van der Waals surface area (Å²) in [6.07, 6.45) is 2.48. The molecule has 2 aromatic rings. The van der Waals surface area contributed by atoms with Gasteiger partial charge < -0.3 is 5.11 Å². The second-order valence-corrected chi connectivity index (χ2v) is 8.80. The van der Waals surface area contributed by atoms with Crippen LogP contribution in [0.5, 0.6) is 0 Å². The van der Waals surface area contributed by atoms with Crippen molar-refractivity contribution in [1.29, 1.82) is 0 Å². The molecule has 1 aliphatic rings. The van der Waals surface area contributed by atoms with E-state index in [0.29, 0.717) is 0 Å². The summed E-state index contributed by atoms with van der Waals surface area (Å²) in [6.45, 7) is 3.80. The van der Waals surface area contributed by atoms with Crippen LogP contribution in [-0.4, -0.2) is 29.1 Å². The average molecular weight is 370 g/mol. The van der Waals surface area contributed by atoms with E-state index in [1.807, 2.05) is 17.4 Å². The van der Waals surface area contributed by atoms with Gasteiger partial charge in [-0.3, -0.25) is 9.69 Å². The minimum atomic E-state index is -0.662. The molecule has 23 heavy (non-hydrogen) atoms. The first-order valence-corrected chi connectivity index (χ1v) is 9.90. The Morgan fingerprint density at radius 2 is 1.91 bits per heavy atom. The first kappa shape index (κ1) is 17.0. The smallest absolute Gasteiger partial charge is 0.306 e. The number of aryl methyl sites for hydroxylation is 1. The average Bonchev–Trinajstić information content (AvgIpc) is 3.18. The number of likely N-dealkylation sites (tertiary alicyclic amines) is 1. The number of rotatable bonds is 5. The molecule has 0 aliphatic carbocycles. The van der Waals surface area contributed by atoms with E-state index in [1.54, 1.807) is 11.3 Å². The maximum Gasteiger partial charge on any atom is 0.306 e. The second-order valence-electron chi connectivity index (χ2n) is 5.85. The van der Waals surface area contributed by atoms with Crippen LogP contribution in [-0.2, 0) is 11.2 Å². The van der Waals surface area contributed by atoms with Gasteiger partial charge in [0.15, 0.2) is 0 Å². The number of piperidine rings is 1. The van der Waals surface area contributed by atoms with Crippen molar-refractivity contribution in [3.63, 3.8) is 0 Å². The first-order valence-electron chi connectivity index (χ1n) is 7.89. The third-order valence-corrected chi connectivity index (χ3v) is 6.97. The van der Waals surface area contributed by atoms with E-state index < -0.39 is 5.97 Å². The maximum atomic E-state index is 11.2. The van der Waals surface area contributed by atoms with Gasteiger partial charge in [-0.25, -0.2) is 0 Å². The van der Waals surface area contributed by atoms with E-state index in [2.05, 4.69) is 30.0 Å². The summed E-state index contributed by atoms with van der Waals surface area (Å²) in [4.78, 5) is 17.5. The van der Waals surface area contributed by atoms with Crippen LogP contribution in [0.1, 0.15) is 40.4 Å². The highest BCUT2D eigenvalue weighted by Crippen LogP contribution is 2.40. The zero-order chi connectivity index (χ0) is 16.4. The lowest BCUT2D eigenvalue weighted by Gasteiger charge is -2.35. The predicted octanol–water partition coefficient (Wildman–Crippen LogP) is 4.91. The van der Waals surface area contributed by atoms with Crippen LogP contribution in [0.3, 0.4) is 0 Å². The molecule has 6 heteroatoms. The number of halogens is 1. The van der Waals surface area contributed by atoms with Gasteiger partial charge in [0.25, 0.3) is 0 Å². The van der Waals surface area contributed by atoms with E-state index in [0.717, 1.165) is 36.7 Å². The number of aliphatic carboxylic acids is 1. The lowest BCUT2D eigenvalue weighted by molar-refractivity contribution is -0.143. The highest BCUT2D eigenvalue weighted by Gasteiger charge is 2.31. The van der Waals surface area contributed by atoms with Crippen molar-refractivity contribution >= 4 is 40.2 Å². The van der Waals surface area contributed by atoms with Crippen molar-refractivity contribution in [2.75, 3.05) is 13.1 Å². The Kier molecular flexibility index (Phi) is 5.42. The summed E-state index contributed by atoms with van der Waals surface area (Å²) in [5, 5.41) is 9.20. The number of carboxylic acids is 1. The van der Waals surface area contributed by atoms with Crippen LogP contribution in [0.25, 0.3) is 0 Å². The minimum absolute atomic E-state index is 0.201. The summed E-state index contributed by atoms with van der Waals surface area (Å²) in [5.74, 6) is -0.863. The molecule has 0 bridgehead atoms. The minimum Gasteiger partial charge on any atom is -0.481 e. The highest BCUT2D eigenvalue weighted by molar-refractivity contribution is 7.16. The lowest BCUT2D eigenvalue weighted by Crippen LogP contribution is -2.38. The number of hydrogen-bond acceptors (Lipinski definition) is 4. The zero-order valence-corrected chi connectivity index (χ0v) is 15.4. The third kappa shape index (κ3) is 3.79. The monoisotopic (exact) mass is 369 g/mol. The van der Waals surface area contributed by atoms with Gasteiger partial charge in [-0.2, -0.15) is 0 Å². The lowest BCUT2D eigenvalue weighted by atomic mass is 9.95. The number of carbonyl (C=O) groups is 1. The van der Waals surface area contributed by atoms with Gasteiger partial charge in [-0.15, -0.1) is 22.7 Å². The molecular formula is C17H20ClNO2S2. The number of carboxylic acid groups (broad SMARTS) is 1. The van der Waals surface area contributed by atoms with Crippen LogP contribution < -0.4 is 0 Å². The van der Waals surface area contributed by atoms with Gasteiger partial charge in [-0.05, 0) is 56.6 Å². The van der Waals surface area contributed by atoms with E-state index >= 15 is 0 Å². The normalized spacial score (nSPS) is 18.2. The van der Waals surface area contributed by atoms with Gasteiger partial charge >= 0.3 is 5.97 Å². The van der Waals surface area contributed by atoms with E-state index in [-0.39, 0.29) is 12.0 Å². The van der Waals surface area contributed by atoms with Gasteiger partial charge in [-0.1, -0.05) is 18.5 Å². The van der Waals surface area contributed by atoms with Crippen molar-refractivity contribution in [3.8, 4) is 0 Å². The van der Waals surface area contributed by atoms with E-state index in [1.165, 1.54) is 14.6 Å². The summed E-state index contributed by atoms with van der Waals surface area (Å²) >= 11 is 9.63. The molecule has 0 radical (unpaired) electrons. The molecule has 1 aliphatic heterocycles. The Balaban J connectivity index is 1.85. The van der Waals surface area contributed by atoms with Crippen LogP contribution in [0.4, 0.5) is 0 Å². The predicted molar refractivity (Wildman–Crippen MR) is 96.8 cm³/mol. The Morgan fingerprint density at radius 1 is 1.26 bits per heavy atom. The van der Waals surface area contributed by atoms with Crippen LogP contribution in [0.2, 0.25) is 4.34 Å². The maximum absolute atomic E-state index is 11.2. The second kappa shape index (κ2) is 7.34. The summed E-state index contributed by atoms with van der Waals surface area (Å²) in [5.41, 5.74) is 0. The summed E-state index contributed by atoms with van der Waals surface area (Å²) < 4.78 is 0.803. The van der Waals surface area contributed by atoms with E-state index in [9.17, 15) is 9.90 Å². The fraction of sp³-hybridized carbons (Fsp3) is 0.471. The molecule has 3 heterocycles. The van der Waals surface area contributed by atoms with Crippen LogP contribution in [0.15, 0.2) is 24.3 Å². The van der Waals surface area contributed by atoms with Gasteiger partial charge in [0, 0.05) is 14.6 Å². The van der Waals surface area contributed by atoms with Crippen LogP contribution >= 0.6 is 34.3 Å². The molecule has 1 N–H and O–H groups in total. The van der Waals surface area contributed by atoms with Crippen molar-refractivity contribution < 1.29 is 9.90 Å². The Labute approximate surface area is 149 Å². The Hall–Kier alpha value is -0.880. The Bertz CT molecular complexity index is 674. The first-order chi connectivity index (χ1) is 11.1. The standard InChI is InChI=1S/C17H20ClNO2S2/c1-2-12-3-4-13(22-12)16(14-5-6-15(18)23-14)19-9-7-11(8-10-19)17(20)21/h3-6,11,16H,2,7-10H2,1H3,(H,20,21). The topological polar surface area (TPSA) is 40.5 Å². The molecule has 1 saturated heterocycles. The SMILES string of the molecule is CCc1ccc(C(c2ccc(Cl)s2)N2CCC(C(=O)O)CC2)s1. The Morgan fingerprint density at radius 3 is 2.43 bits per heavy atom. The largest absolute Gasteiger partial charge is 0.481 e. The third-order valence-electron chi connectivity index (χ3n) is 4.41. The highest BCUT2D eigenvalue weighted by atomic mass is 35.5. The van der Waals surface area contributed by atoms with Crippen molar-refractivity contribution in [1.82, 2.24) is 4.90 Å². The molecule has 3 rings (SSSR count). The fourth-order valence-electron chi connectivity index (χ4n) is 3.11. The molecule has 0 spiro atoms. The summed E-state index contributed by atoms with van der Waals surface area (Å²) in [6, 6.07) is 8.67. The van der Waals surface area contributed by atoms with E-state index in [4.69, 9.17) is 11.6 Å². The van der Waals surface area contributed by atoms with Gasteiger partial charge in [0.1, 0.15) is 0 Å². The molecule has 124 valence electrons. The quantitative estimate of drug-likeness (QED) is 0.813. The molecule has 2 aromatic heterocycles. The number of nitrogens with zero attached hydrogens (tertiary/aromatic N) is 1. The molecule has 0 aromatic carbocycles. The molecule has 1 unspecified atom stereocenters. The van der Waals surface area contributed by atoms with Crippen molar-refractivity contribution in [3.05, 3.63) is 43.2 Å². The number of thiophene rings is 2. The van der Waals surface area contributed by atoms with Crippen molar-refractivity contribution in [2.24, 2.45) is 5.92 Å². The molecule has 0 saturated carbocycles. The van der Waals surface area contributed by atoms with Crippen molar-refractivity contribution in [2.45, 2.75) is 32.2 Å². The van der Waals surface area contributed by atoms with Crippen LogP contribution in [0, 0.1) is 5.92 Å². The van der Waals surface area contributed by atoms with Gasteiger partial charge in [0.05, 0.1) is 16.3 Å². The molecular weight excluding hydrogens is 350 g/mol. The molecule has 1 atom stereocenters. The van der Waals surface area contributed by atoms with Gasteiger partial charge in [0.2, 0.25) is 0 Å². The fourth-order valence-corrected chi connectivity index (χ4v) is 5.51. The summed E-state index contributed by atoms with van der Waals surface area (Å²) in [7, 11) is 0. The number of hydrogen-bond donors (Lipinski definition) is 1. The zero-order valence-electron chi connectivity index (χ0n) is 13.0. The molecule has 3 nitrogen and oxygen atoms in total. The molecule has 0 amide bonds. The molecule has 1 fully saturated rings.